The van der Waals surface area contributed by atoms with E-state index in [-0.39, 0.29) is 5.97 Å². The number of hydrogen-bond acceptors (Lipinski definition) is 6. The molecule has 0 saturated heterocycles. The highest BCUT2D eigenvalue weighted by Gasteiger charge is 2.40. The number of carbonyl (C=O) groups excluding carboxylic acids is 2. The Hall–Kier alpha value is -1.54. The lowest BCUT2D eigenvalue weighted by molar-refractivity contribution is -0.142. The maximum Gasteiger partial charge on any atom is 0.413 e. The molecule has 6 nitrogen and oxygen atoms in total. The van der Waals surface area contributed by atoms with E-state index < -0.39 is 22.5 Å². The van der Waals surface area contributed by atoms with Crippen LogP contribution in [0.3, 0.4) is 0 Å². The van der Waals surface area contributed by atoms with Crippen LogP contribution in [0.4, 0.5) is 4.79 Å². The predicted molar refractivity (Wildman–Crippen MR) is 111 cm³/mol. The average Bonchev–Trinajstić information content (AvgIpc) is 2.52. The van der Waals surface area contributed by atoms with Crippen molar-refractivity contribution in [2.45, 2.75) is 57.4 Å². The second-order valence-corrected chi connectivity index (χ2v) is 9.50. The van der Waals surface area contributed by atoms with E-state index in [1.54, 1.807) is 27.7 Å². The minimum absolute atomic E-state index is 0.301. The molecule has 0 spiro atoms. The molecule has 0 saturated carbocycles. The highest BCUT2D eigenvalue weighted by atomic mass is 79.9. The minimum atomic E-state index is -0.684. The van der Waals surface area contributed by atoms with Crippen molar-refractivity contribution in [3.8, 4) is 0 Å². The summed E-state index contributed by atoms with van der Waals surface area (Å²) in [7, 11) is 0. The van der Waals surface area contributed by atoms with Gasteiger partial charge in [0.25, 0.3) is 0 Å². The smallest absolute Gasteiger partial charge is 0.413 e. The van der Waals surface area contributed by atoms with Crippen molar-refractivity contribution < 1.29 is 19.1 Å². The van der Waals surface area contributed by atoms with Gasteiger partial charge in [-0.1, -0.05) is 39.8 Å². The van der Waals surface area contributed by atoms with Crippen molar-refractivity contribution in [1.82, 2.24) is 5.32 Å². The van der Waals surface area contributed by atoms with Gasteiger partial charge in [0, 0.05) is 4.47 Å². The Kier molecular flexibility index (Phi) is 6.97. The Labute approximate surface area is 172 Å². The van der Waals surface area contributed by atoms with Crippen LogP contribution in [0.25, 0.3) is 0 Å². The summed E-state index contributed by atoms with van der Waals surface area (Å²) in [5, 5.41) is 2.54. The molecule has 0 fully saturated rings. The number of ether oxygens (including phenoxy) is 2. The van der Waals surface area contributed by atoms with Gasteiger partial charge in [0.1, 0.15) is 10.9 Å². The quantitative estimate of drug-likeness (QED) is 0.671. The molecule has 8 heteroatoms. The molecule has 1 heterocycles. The first kappa shape index (κ1) is 21.8. The molecule has 0 aromatic heterocycles. The van der Waals surface area contributed by atoms with E-state index in [1.807, 2.05) is 31.2 Å². The number of nitrogens with one attached hydrogen (secondary N) is 1. The standard InChI is InChI=1S/C19H25BrN2O4S/c1-6-25-15(23)14-11-19(5,12-8-7-9-13(20)10-12)22-16(27-14)21-17(24)26-18(2,3)4/h7-10,14H,6,11H2,1-5H3,(H,21,22,24)/t14?,19-/m0/s1. The van der Waals surface area contributed by atoms with Crippen molar-refractivity contribution in [1.29, 1.82) is 0 Å². The van der Waals surface area contributed by atoms with Gasteiger partial charge in [-0.3, -0.25) is 15.1 Å². The van der Waals surface area contributed by atoms with E-state index in [1.165, 1.54) is 11.8 Å². The van der Waals surface area contributed by atoms with Crippen LogP contribution < -0.4 is 5.32 Å². The second kappa shape index (κ2) is 8.65. The number of alkyl carbamates (subject to hydrolysis) is 1. The SMILES string of the molecule is CCOC(=O)C1C[C@@](C)(c2cccc(Br)c2)N=C(NC(=O)OC(C)(C)C)S1. The lowest BCUT2D eigenvalue weighted by atomic mass is 9.87. The molecule has 1 aliphatic heterocycles. The molecular formula is C19H25BrN2O4S. The molecule has 27 heavy (non-hydrogen) atoms. The summed E-state index contributed by atoms with van der Waals surface area (Å²) in [6.45, 7) is 9.38. The highest BCUT2D eigenvalue weighted by molar-refractivity contribution is 9.10. The van der Waals surface area contributed by atoms with Crippen LogP contribution >= 0.6 is 27.7 Å². The molecule has 0 radical (unpaired) electrons. The molecule has 1 aliphatic rings. The van der Waals surface area contributed by atoms with Gasteiger partial charge in [-0.2, -0.15) is 0 Å². The molecule has 1 unspecified atom stereocenters. The van der Waals surface area contributed by atoms with E-state index >= 15 is 0 Å². The Morgan fingerprint density at radius 3 is 2.70 bits per heavy atom. The van der Waals surface area contributed by atoms with Crippen LogP contribution in [0, 0.1) is 0 Å². The molecular weight excluding hydrogens is 432 g/mol. The summed E-state index contributed by atoms with van der Waals surface area (Å²) < 4.78 is 11.4. The lowest BCUT2D eigenvalue weighted by Crippen LogP contribution is -2.42. The number of benzene rings is 1. The number of esters is 1. The topological polar surface area (TPSA) is 77.0 Å². The third kappa shape index (κ3) is 6.24. The number of hydrogen-bond donors (Lipinski definition) is 1. The fourth-order valence-electron chi connectivity index (χ4n) is 2.65. The fourth-order valence-corrected chi connectivity index (χ4v) is 4.29. The van der Waals surface area contributed by atoms with E-state index in [0.29, 0.717) is 18.2 Å². The van der Waals surface area contributed by atoms with Gasteiger partial charge in [-0.25, -0.2) is 4.79 Å². The van der Waals surface area contributed by atoms with E-state index in [2.05, 4.69) is 21.2 Å². The van der Waals surface area contributed by atoms with Crippen molar-refractivity contribution in [3.63, 3.8) is 0 Å². The summed E-state index contributed by atoms with van der Waals surface area (Å²) in [6.07, 6.45) is -0.137. The van der Waals surface area contributed by atoms with Crippen LogP contribution in [0.1, 0.15) is 46.6 Å². The molecule has 148 valence electrons. The largest absolute Gasteiger partial charge is 0.465 e. The minimum Gasteiger partial charge on any atom is -0.465 e. The van der Waals surface area contributed by atoms with Crippen LogP contribution in [-0.4, -0.2) is 34.7 Å². The van der Waals surface area contributed by atoms with Gasteiger partial charge in [0.2, 0.25) is 0 Å². The number of carbonyl (C=O) groups is 2. The number of amides is 1. The predicted octanol–water partition coefficient (Wildman–Crippen LogP) is 4.61. The number of rotatable bonds is 3. The number of amidine groups is 1. The van der Waals surface area contributed by atoms with Gasteiger partial charge < -0.3 is 9.47 Å². The van der Waals surface area contributed by atoms with Crippen molar-refractivity contribution >= 4 is 44.9 Å². The van der Waals surface area contributed by atoms with Crippen molar-refractivity contribution in [2.24, 2.45) is 4.99 Å². The monoisotopic (exact) mass is 456 g/mol. The Morgan fingerprint density at radius 1 is 1.41 bits per heavy atom. The Balaban J connectivity index is 2.33. The molecule has 0 aliphatic carbocycles. The normalized spacial score (nSPS) is 22.6. The summed E-state index contributed by atoms with van der Waals surface area (Å²) in [5.74, 6) is -0.317. The van der Waals surface area contributed by atoms with Gasteiger partial charge in [-0.05, 0) is 58.7 Å². The van der Waals surface area contributed by atoms with Crippen LogP contribution in [0.15, 0.2) is 33.7 Å². The first-order valence-electron chi connectivity index (χ1n) is 8.71. The molecule has 1 aromatic rings. The van der Waals surface area contributed by atoms with Crippen LogP contribution in [0.2, 0.25) is 0 Å². The number of thioether (sulfide) groups is 1. The molecule has 1 amide bonds. The van der Waals surface area contributed by atoms with Crippen molar-refractivity contribution in [3.05, 3.63) is 34.3 Å². The number of halogens is 1. The average molecular weight is 457 g/mol. The third-order valence-corrected chi connectivity index (χ3v) is 5.34. The molecule has 0 bridgehead atoms. The second-order valence-electron chi connectivity index (χ2n) is 7.39. The summed E-state index contributed by atoms with van der Waals surface area (Å²) in [4.78, 5) is 29.3. The number of aliphatic imine (C=N–C) groups is 1. The van der Waals surface area contributed by atoms with Crippen molar-refractivity contribution in [2.75, 3.05) is 6.61 Å². The maximum atomic E-state index is 12.4. The zero-order chi connectivity index (χ0) is 20.2. The zero-order valence-electron chi connectivity index (χ0n) is 16.2. The van der Waals surface area contributed by atoms with Gasteiger partial charge in [-0.15, -0.1) is 0 Å². The van der Waals surface area contributed by atoms with Gasteiger partial charge >= 0.3 is 12.1 Å². The first-order valence-corrected chi connectivity index (χ1v) is 10.4. The van der Waals surface area contributed by atoms with Crippen LogP contribution in [-0.2, 0) is 19.8 Å². The molecule has 1 N–H and O–H groups in total. The molecule has 2 atom stereocenters. The maximum absolute atomic E-state index is 12.4. The number of nitrogens with zero attached hydrogens (tertiary/aromatic N) is 1. The summed E-state index contributed by atoms with van der Waals surface area (Å²) in [6, 6.07) is 7.77. The first-order chi connectivity index (χ1) is 12.5. The molecule has 2 rings (SSSR count). The highest BCUT2D eigenvalue weighted by Crippen LogP contribution is 2.40. The lowest BCUT2D eigenvalue weighted by Gasteiger charge is -2.34. The summed E-state index contributed by atoms with van der Waals surface area (Å²) >= 11 is 4.66. The van der Waals surface area contributed by atoms with E-state index in [9.17, 15) is 9.59 Å². The Bertz CT molecular complexity index is 747. The molecule has 1 aromatic carbocycles. The summed E-state index contributed by atoms with van der Waals surface area (Å²) in [5.41, 5.74) is -0.371. The zero-order valence-corrected chi connectivity index (χ0v) is 18.6. The fraction of sp³-hybridized carbons (Fsp3) is 0.526. The Morgan fingerprint density at radius 2 is 2.11 bits per heavy atom. The van der Waals surface area contributed by atoms with Gasteiger partial charge in [0.15, 0.2) is 5.17 Å². The van der Waals surface area contributed by atoms with E-state index in [4.69, 9.17) is 14.5 Å². The van der Waals surface area contributed by atoms with Crippen LogP contribution in [0.5, 0.6) is 0 Å². The third-order valence-electron chi connectivity index (χ3n) is 3.79. The van der Waals surface area contributed by atoms with E-state index in [0.717, 1.165) is 10.0 Å². The van der Waals surface area contributed by atoms with Gasteiger partial charge in [0.05, 0.1) is 12.1 Å².